The van der Waals surface area contributed by atoms with Crippen molar-refractivity contribution < 1.29 is 17.9 Å². The van der Waals surface area contributed by atoms with Crippen molar-refractivity contribution in [3.05, 3.63) is 71.0 Å². The maximum absolute atomic E-state index is 13.0. The molecule has 4 rings (SSSR count). The zero-order chi connectivity index (χ0) is 25.2. The van der Waals surface area contributed by atoms with Crippen molar-refractivity contribution in [2.45, 2.75) is 50.2 Å². The quantitative estimate of drug-likeness (QED) is 0.414. The van der Waals surface area contributed by atoms with Crippen LogP contribution in [0.15, 0.2) is 65.0 Å². The second-order valence-electron chi connectivity index (χ2n) is 9.03. The monoisotopic (exact) mass is 513 g/mol. The number of nitrogens with zero attached hydrogens (tertiary/aromatic N) is 3. The number of hydrogen-bond acceptors (Lipinski definition) is 5. The molecule has 1 fully saturated rings. The van der Waals surface area contributed by atoms with Crippen LogP contribution in [0.3, 0.4) is 0 Å². The van der Waals surface area contributed by atoms with E-state index in [2.05, 4.69) is 43.6 Å². The summed E-state index contributed by atoms with van der Waals surface area (Å²) >= 11 is 1.46. The van der Waals surface area contributed by atoms with E-state index in [0.29, 0.717) is 36.0 Å². The summed E-state index contributed by atoms with van der Waals surface area (Å²) in [4.78, 5) is 18.1. The third-order valence-corrected chi connectivity index (χ3v) is 9.06. The van der Waals surface area contributed by atoms with Crippen LogP contribution in [0.25, 0.3) is 10.2 Å². The van der Waals surface area contributed by atoms with Gasteiger partial charge in [-0.1, -0.05) is 37.3 Å². The molecule has 1 saturated heterocycles. The Balaban J connectivity index is 1.60. The highest BCUT2D eigenvalue weighted by Crippen LogP contribution is 2.24. The molecular formula is C26H31N3O4S2. The van der Waals surface area contributed by atoms with Crippen molar-refractivity contribution in [2.24, 2.45) is 4.99 Å². The van der Waals surface area contributed by atoms with Gasteiger partial charge in [-0.05, 0) is 60.7 Å². The van der Waals surface area contributed by atoms with E-state index in [1.807, 2.05) is 4.57 Å². The van der Waals surface area contributed by atoms with Gasteiger partial charge in [0, 0.05) is 32.3 Å². The molecule has 0 spiro atoms. The average Bonchev–Trinajstić information content (AvgIpc) is 3.47. The SMILES string of the molecule is C=CCn1c(=NC(=O)c2ccc(S(=O)(=O)N(C)CC3CCCO3)cc2)sc2cc(C(C)C)ccc21. The predicted molar refractivity (Wildman–Crippen MR) is 139 cm³/mol. The molecule has 7 nitrogen and oxygen atoms in total. The molecule has 3 aromatic rings. The van der Waals surface area contributed by atoms with Crippen LogP contribution in [0.5, 0.6) is 0 Å². The maximum atomic E-state index is 13.0. The molecule has 0 N–H and O–H groups in total. The van der Waals surface area contributed by atoms with Gasteiger partial charge in [0.1, 0.15) is 0 Å². The number of sulfonamides is 1. The Morgan fingerprint density at radius 1 is 1.29 bits per heavy atom. The molecular weight excluding hydrogens is 482 g/mol. The summed E-state index contributed by atoms with van der Waals surface area (Å²) in [5, 5.41) is 0. The summed E-state index contributed by atoms with van der Waals surface area (Å²) in [5.74, 6) is -0.0222. The second-order valence-corrected chi connectivity index (χ2v) is 12.1. The first-order chi connectivity index (χ1) is 16.7. The van der Waals surface area contributed by atoms with E-state index in [-0.39, 0.29) is 11.0 Å². The van der Waals surface area contributed by atoms with Gasteiger partial charge in [0.05, 0.1) is 21.2 Å². The molecule has 1 aromatic heterocycles. The molecule has 0 bridgehead atoms. The Morgan fingerprint density at radius 2 is 2.03 bits per heavy atom. The molecule has 35 heavy (non-hydrogen) atoms. The molecule has 0 radical (unpaired) electrons. The summed E-state index contributed by atoms with van der Waals surface area (Å²) in [6, 6.07) is 12.2. The zero-order valence-electron chi connectivity index (χ0n) is 20.3. The van der Waals surface area contributed by atoms with Gasteiger partial charge in [0.25, 0.3) is 5.91 Å². The highest BCUT2D eigenvalue weighted by atomic mass is 32.2. The fourth-order valence-electron chi connectivity index (χ4n) is 4.11. The molecule has 2 heterocycles. The summed E-state index contributed by atoms with van der Waals surface area (Å²) < 4.78 is 35.8. The number of rotatable bonds is 8. The van der Waals surface area contributed by atoms with Crippen LogP contribution in [0.4, 0.5) is 0 Å². The smallest absolute Gasteiger partial charge is 0.279 e. The molecule has 1 unspecified atom stereocenters. The van der Waals surface area contributed by atoms with E-state index in [1.165, 1.54) is 45.5 Å². The molecule has 9 heteroatoms. The number of allylic oxidation sites excluding steroid dienone is 1. The van der Waals surface area contributed by atoms with E-state index in [0.717, 1.165) is 23.1 Å². The number of hydrogen-bond donors (Lipinski definition) is 0. The minimum Gasteiger partial charge on any atom is -0.377 e. The number of fused-ring (bicyclic) bond motifs is 1. The Bertz CT molecular complexity index is 1400. The minimum atomic E-state index is -3.67. The van der Waals surface area contributed by atoms with Crippen LogP contribution in [0.1, 0.15) is 48.5 Å². The lowest BCUT2D eigenvalue weighted by atomic mass is 10.0. The fourth-order valence-corrected chi connectivity index (χ4v) is 6.40. The molecule has 1 aliphatic rings. The summed E-state index contributed by atoms with van der Waals surface area (Å²) in [6.45, 7) is 9.63. The van der Waals surface area contributed by atoms with Crippen LogP contribution in [0, 0.1) is 0 Å². The lowest BCUT2D eigenvalue weighted by Gasteiger charge is -2.20. The highest BCUT2D eigenvalue weighted by Gasteiger charge is 2.26. The summed E-state index contributed by atoms with van der Waals surface area (Å²) in [5.41, 5.74) is 2.56. The van der Waals surface area contributed by atoms with Gasteiger partial charge in [-0.25, -0.2) is 8.42 Å². The second kappa shape index (κ2) is 10.6. The molecule has 2 aromatic carbocycles. The maximum Gasteiger partial charge on any atom is 0.279 e. The van der Waals surface area contributed by atoms with Gasteiger partial charge < -0.3 is 9.30 Å². The van der Waals surface area contributed by atoms with Gasteiger partial charge >= 0.3 is 0 Å². The van der Waals surface area contributed by atoms with E-state index < -0.39 is 15.9 Å². The number of aromatic nitrogens is 1. The lowest BCUT2D eigenvalue weighted by molar-refractivity contribution is 0.0979. The van der Waals surface area contributed by atoms with Crippen molar-refractivity contribution in [3.63, 3.8) is 0 Å². The first kappa shape index (κ1) is 25.5. The van der Waals surface area contributed by atoms with E-state index >= 15 is 0 Å². The molecule has 186 valence electrons. The Hall–Kier alpha value is -2.59. The number of ether oxygens (including phenoxy) is 1. The Labute approximate surface area is 210 Å². The average molecular weight is 514 g/mol. The predicted octanol–water partition coefficient (Wildman–Crippen LogP) is 4.55. The first-order valence-corrected chi connectivity index (χ1v) is 14.0. The minimum absolute atomic E-state index is 0.0744. The largest absolute Gasteiger partial charge is 0.377 e. The summed E-state index contributed by atoms with van der Waals surface area (Å²) in [7, 11) is -2.12. The van der Waals surface area contributed by atoms with E-state index in [4.69, 9.17) is 4.74 Å². The number of carbonyl (C=O) groups is 1. The van der Waals surface area contributed by atoms with Crippen LogP contribution < -0.4 is 4.80 Å². The molecule has 0 saturated carbocycles. The fraction of sp³-hybridized carbons (Fsp3) is 0.385. The van der Waals surface area contributed by atoms with Crippen LogP contribution in [-0.2, 0) is 21.3 Å². The topological polar surface area (TPSA) is 81.0 Å². The number of carbonyl (C=O) groups excluding carboxylic acids is 1. The van der Waals surface area contributed by atoms with E-state index in [1.54, 1.807) is 13.1 Å². The van der Waals surface area contributed by atoms with Crippen molar-refractivity contribution in [3.8, 4) is 0 Å². The van der Waals surface area contributed by atoms with Gasteiger partial charge in [-0.15, -0.1) is 6.58 Å². The lowest BCUT2D eigenvalue weighted by Crippen LogP contribution is -2.34. The van der Waals surface area contributed by atoms with Gasteiger partial charge in [-0.2, -0.15) is 9.30 Å². The first-order valence-electron chi connectivity index (χ1n) is 11.7. The third-order valence-electron chi connectivity index (χ3n) is 6.18. The van der Waals surface area contributed by atoms with Crippen molar-refractivity contribution in [1.82, 2.24) is 8.87 Å². The van der Waals surface area contributed by atoms with E-state index in [9.17, 15) is 13.2 Å². The number of benzene rings is 2. The summed E-state index contributed by atoms with van der Waals surface area (Å²) in [6.07, 6.45) is 3.51. The third kappa shape index (κ3) is 5.48. The van der Waals surface area contributed by atoms with Gasteiger partial charge in [0.2, 0.25) is 10.0 Å². The highest BCUT2D eigenvalue weighted by molar-refractivity contribution is 7.89. The molecule has 1 amide bonds. The Kier molecular flexibility index (Phi) is 7.70. The van der Waals surface area contributed by atoms with Crippen LogP contribution in [-0.4, -0.2) is 49.5 Å². The number of thiazole rings is 1. The van der Waals surface area contributed by atoms with Gasteiger partial charge in [0.15, 0.2) is 4.80 Å². The van der Waals surface area contributed by atoms with Crippen LogP contribution in [0.2, 0.25) is 0 Å². The molecule has 1 aliphatic heterocycles. The zero-order valence-corrected chi connectivity index (χ0v) is 21.9. The number of likely N-dealkylation sites (N-methyl/N-ethyl adjacent to an activating group) is 1. The Morgan fingerprint density at radius 3 is 2.66 bits per heavy atom. The number of amides is 1. The van der Waals surface area contributed by atoms with Crippen molar-refractivity contribution >= 4 is 37.5 Å². The van der Waals surface area contributed by atoms with Crippen LogP contribution >= 0.6 is 11.3 Å². The van der Waals surface area contributed by atoms with Gasteiger partial charge in [-0.3, -0.25) is 4.79 Å². The van der Waals surface area contributed by atoms with Crippen molar-refractivity contribution in [2.75, 3.05) is 20.2 Å². The molecule has 1 atom stereocenters. The van der Waals surface area contributed by atoms with Crippen molar-refractivity contribution in [1.29, 1.82) is 0 Å². The normalized spacial score (nSPS) is 17.1. The standard InChI is InChI=1S/C26H31N3O4S2/c1-5-14-29-23-13-10-20(18(2)3)16-24(23)34-26(29)27-25(30)19-8-11-22(12-9-19)35(31,32)28(4)17-21-7-6-15-33-21/h5,8-13,16,18,21H,1,6-7,14-15,17H2,2-4H3. The molecule has 0 aliphatic carbocycles.